The van der Waals surface area contributed by atoms with Crippen molar-refractivity contribution in [3.05, 3.63) is 46.4 Å². The van der Waals surface area contributed by atoms with Gasteiger partial charge in [0, 0.05) is 6.07 Å². The number of benzene rings is 1. The van der Waals surface area contributed by atoms with Crippen molar-refractivity contribution in [2.75, 3.05) is 5.73 Å². The van der Waals surface area contributed by atoms with Gasteiger partial charge in [0.15, 0.2) is 0 Å². The van der Waals surface area contributed by atoms with E-state index >= 15 is 0 Å². The van der Waals surface area contributed by atoms with Gasteiger partial charge in [-0.3, -0.25) is 4.79 Å². The van der Waals surface area contributed by atoms with Gasteiger partial charge >= 0.3 is 0 Å². The fourth-order valence-corrected chi connectivity index (χ4v) is 1.24. The molecule has 0 bridgehead atoms. The molecule has 1 heterocycles. The van der Waals surface area contributed by atoms with E-state index in [4.69, 9.17) is 5.73 Å². The van der Waals surface area contributed by atoms with Crippen LogP contribution in [0.2, 0.25) is 0 Å². The maximum atomic E-state index is 10.2. The number of anilines is 1. The molecule has 15 heavy (non-hydrogen) atoms. The highest BCUT2D eigenvalue weighted by Gasteiger charge is 2.12. The fourth-order valence-electron chi connectivity index (χ4n) is 1.24. The molecule has 3 rings (SSSR count). The molecule has 0 aromatic carbocycles. The summed E-state index contributed by atoms with van der Waals surface area (Å²) >= 11 is 0. The maximum Gasteiger partial charge on any atom is 0.295 e. The van der Waals surface area contributed by atoms with Crippen LogP contribution in [-0.2, 0) is 0 Å². The van der Waals surface area contributed by atoms with Gasteiger partial charge in [-0.15, -0.1) is 0 Å². The average molecular weight is 202 g/mol. The minimum Gasteiger partial charge on any atom is -0.434 e. The molecular weight excluding hydrogens is 192 g/mol. The molecule has 4 heteroatoms. The van der Waals surface area contributed by atoms with Crippen molar-refractivity contribution in [1.82, 2.24) is 4.98 Å². The normalized spacial score (nSPS) is 10.2. The number of aryl methyl sites for hydroxylation is 1. The third-order valence-corrected chi connectivity index (χ3v) is 2.09. The highest BCUT2D eigenvalue weighted by Crippen LogP contribution is 2.37. The second kappa shape index (κ2) is 3.57. The van der Waals surface area contributed by atoms with E-state index in [1.807, 2.05) is 0 Å². The van der Waals surface area contributed by atoms with Gasteiger partial charge in [-0.25, -0.2) is 0 Å². The summed E-state index contributed by atoms with van der Waals surface area (Å²) in [4.78, 5) is 13.5. The van der Waals surface area contributed by atoms with E-state index in [0.717, 1.165) is 0 Å². The van der Waals surface area contributed by atoms with Crippen LogP contribution in [0.3, 0.4) is 0 Å². The van der Waals surface area contributed by atoms with E-state index in [1.54, 1.807) is 0 Å². The number of hydrogen-bond acceptors (Lipinski definition) is 4. The van der Waals surface area contributed by atoms with Crippen molar-refractivity contribution >= 4 is 6.01 Å². The third-order valence-electron chi connectivity index (χ3n) is 2.09. The van der Waals surface area contributed by atoms with E-state index in [1.165, 1.54) is 29.0 Å². The Hall–Kier alpha value is -2.10. The minimum atomic E-state index is -0.381. The molecule has 0 atom stereocenters. The SMILES string of the molecule is Cc1ccc2cc1-2.Nc1nc(=O)cco1. The Morgan fingerprint density at radius 3 is 2.40 bits per heavy atom. The summed E-state index contributed by atoms with van der Waals surface area (Å²) in [7, 11) is 0. The minimum absolute atomic E-state index is 0.0995. The number of rotatable bonds is 0. The lowest BCUT2D eigenvalue weighted by Gasteiger charge is -1.82. The van der Waals surface area contributed by atoms with Gasteiger partial charge in [0.2, 0.25) is 0 Å². The molecule has 76 valence electrons. The molecule has 0 radical (unpaired) electrons. The van der Waals surface area contributed by atoms with Crippen molar-refractivity contribution < 1.29 is 4.42 Å². The lowest BCUT2D eigenvalue weighted by atomic mass is 10.3. The predicted molar refractivity (Wildman–Crippen MR) is 57.4 cm³/mol. The van der Waals surface area contributed by atoms with Crippen LogP contribution in [-0.4, -0.2) is 4.98 Å². The van der Waals surface area contributed by atoms with Crippen molar-refractivity contribution in [3.8, 4) is 11.1 Å². The Kier molecular flexibility index (Phi) is 2.25. The maximum absolute atomic E-state index is 10.2. The monoisotopic (exact) mass is 202 g/mol. The number of nitrogens with zero attached hydrogens (tertiary/aromatic N) is 1. The summed E-state index contributed by atoms with van der Waals surface area (Å²) in [6.07, 6.45) is 1.20. The topological polar surface area (TPSA) is 69.1 Å². The molecule has 2 N–H and O–H groups in total. The zero-order chi connectivity index (χ0) is 10.8. The van der Waals surface area contributed by atoms with Gasteiger partial charge in [-0.1, -0.05) is 12.1 Å². The Morgan fingerprint density at radius 2 is 2.13 bits per heavy atom. The van der Waals surface area contributed by atoms with Crippen LogP contribution >= 0.6 is 0 Å². The van der Waals surface area contributed by atoms with E-state index in [0.29, 0.717) is 0 Å². The lowest BCUT2D eigenvalue weighted by Crippen LogP contribution is -2.04. The van der Waals surface area contributed by atoms with E-state index in [9.17, 15) is 4.79 Å². The van der Waals surface area contributed by atoms with Crippen LogP contribution in [0.15, 0.2) is 39.7 Å². The Labute approximate surface area is 86.4 Å². The molecule has 1 aromatic rings. The van der Waals surface area contributed by atoms with Crippen LogP contribution in [0.25, 0.3) is 11.1 Å². The van der Waals surface area contributed by atoms with Crippen LogP contribution < -0.4 is 11.3 Å². The largest absolute Gasteiger partial charge is 0.434 e. The molecule has 2 aliphatic rings. The van der Waals surface area contributed by atoms with Crippen molar-refractivity contribution in [2.45, 2.75) is 6.92 Å². The van der Waals surface area contributed by atoms with Crippen molar-refractivity contribution in [2.24, 2.45) is 0 Å². The second-order valence-corrected chi connectivity index (χ2v) is 3.24. The predicted octanol–water partition coefficient (Wildman–Crippen LogP) is 1.59. The van der Waals surface area contributed by atoms with Gasteiger partial charge in [0.25, 0.3) is 11.6 Å². The Balaban J connectivity index is 0.000000114. The summed E-state index contributed by atoms with van der Waals surface area (Å²) in [6, 6.07) is 7.61. The highest BCUT2D eigenvalue weighted by atomic mass is 16.3. The first-order valence-electron chi connectivity index (χ1n) is 4.49. The van der Waals surface area contributed by atoms with Gasteiger partial charge in [0.05, 0.1) is 0 Å². The fraction of sp³-hybridized carbons (Fsp3) is 0.0909. The van der Waals surface area contributed by atoms with Crippen LogP contribution in [0, 0.1) is 6.92 Å². The zero-order valence-electron chi connectivity index (χ0n) is 8.23. The highest BCUT2D eigenvalue weighted by molar-refractivity contribution is 5.84. The first-order valence-corrected chi connectivity index (χ1v) is 4.49. The molecule has 1 aromatic heterocycles. The van der Waals surface area contributed by atoms with E-state index in [2.05, 4.69) is 34.5 Å². The summed E-state index contributed by atoms with van der Waals surface area (Å²) in [5.41, 5.74) is 8.94. The molecule has 0 amide bonds. The molecule has 0 unspecified atom stereocenters. The summed E-state index contributed by atoms with van der Waals surface area (Å²) in [5, 5.41) is 0. The molecule has 0 aliphatic heterocycles. The molecule has 0 saturated heterocycles. The molecule has 0 fully saturated rings. The summed E-state index contributed by atoms with van der Waals surface area (Å²) in [6.45, 7) is 2.14. The number of aromatic nitrogens is 1. The van der Waals surface area contributed by atoms with Crippen molar-refractivity contribution in [3.63, 3.8) is 0 Å². The standard InChI is InChI=1S/C7H6.C4H4N2O2/c1-5-2-3-6-4-7(5)6;5-4-6-3(7)1-2-8-4/h2-4H,1H3;1-2H,(H2,5,6,7). The van der Waals surface area contributed by atoms with Gasteiger partial charge in [0.1, 0.15) is 6.26 Å². The van der Waals surface area contributed by atoms with Crippen LogP contribution in [0.5, 0.6) is 0 Å². The lowest BCUT2D eigenvalue weighted by molar-refractivity contribution is 0.548. The first kappa shape index (κ1) is 9.45. The number of hydrogen-bond donors (Lipinski definition) is 1. The zero-order valence-corrected chi connectivity index (χ0v) is 8.23. The number of nitrogen functional groups attached to an aromatic ring is 1. The second-order valence-electron chi connectivity index (χ2n) is 3.24. The average Bonchev–Trinajstić information content (AvgIpc) is 2.87. The molecule has 2 aliphatic carbocycles. The first-order chi connectivity index (χ1) is 7.16. The molecular formula is C11H10N2O2. The Bertz CT molecular complexity index is 546. The van der Waals surface area contributed by atoms with E-state index < -0.39 is 0 Å². The van der Waals surface area contributed by atoms with E-state index in [-0.39, 0.29) is 11.6 Å². The van der Waals surface area contributed by atoms with Crippen molar-refractivity contribution in [1.29, 1.82) is 0 Å². The van der Waals surface area contributed by atoms with Gasteiger partial charge < -0.3 is 10.2 Å². The van der Waals surface area contributed by atoms with Crippen LogP contribution in [0.1, 0.15) is 5.56 Å². The quantitative estimate of drug-likeness (QED) is 0.601. The van der Waals surface area contributed by atoms with Gasteiger partial charge in [-0.05, 0) is 29.7 Å². The molecule has 0 spiro atoms. The summed E-state index contributed by atoms with van der Waals surface area (Å²) < 4.78 is 4.47. The van der Waals surface area contributed by atoms with Gasteiger partial charge in [-0.2, -0.15) is 4.98 Å². The third kappa shape index (κ3) is 2.22. The smallest absolute Gasteiger partial charge is 0.295 e. The molecule has 4 nitrogen and oxygen atoms in total. The number of nitrogens with two attached hydrogens (primary N) is 1. The summed E-state index contributed by atoms with van der Waals surface area (Å²) in [5.74, 6) is 0. The number of fused-ring (bicyclic) bond motifs is 1. The Morgan fingerprint density at radius 1 is 1.33 bits per heavy atom. The molecule has 0 saturated carbocycles. The van der Waals surface area contributed by atoms with Crippen LogP contribution in [0.4, 0.5) is 6.01 Å².